The topological polar surface area (TPSA) is 65.5 Å². The molecule has 5 nitrogen and oxygen atoms in total. The molecule has 4 aromatic carbocycles. The molecule has 0 aliphatic heterocycles. The Morgan fingerprint density at radius 2 is 1.54 bits per heavy atom. The van der Waals surface area contributed by atoms with Crippen molar-refractivity contribution in [3.05, 3.63) is 103 Å². The summed E-state index contributed by atoms with van der Waals surface area (Å²) in [4.78, 5) is 0. The van der Waals surface area contributed by atoms with Crippen LogP contribution in [0.1, 0.15) is 5.56 Å². The van der Waals surface area contributed by atoms with Gasteiger partial charge in [0.25, 0.3) is 0 Å². The number of thiocarbonyl (C=S) groups is 1. The number of fused-ring (bicyclic) bond motifs is 1. The number of hydrogen-bond acceptors (Lipinski definition) is 4. The van der Waals surface area contributed by atoms with E-state index in [1.807, 2.05) is 66.7 Å². The van der Waals surface area contributed by atoms with Crippen LogP contribution in [-0.4, -0.2) is 36.0 Å². The Bertz CT molecular complexity index is 1200. The van der Waals surface area contributed by atoms with Gasteiger partial charge in [0.05, 0.1) is 0 Å². The predicted molar refractivity (Wildman–Crippen MR) is 152 cm³/mol. The van der Waals surface area contributed by atoms with E-state index < -0.39 is 6.10 Å². The lowest BCUT2D eigenvalue weighted by molar-refractivity contribution is 0.106. The second-order valence-electron chi connectivity index (χ2n) is 8.03. The lowest BCUT2D eigenvalue weighted by Crippen LogP contribution is -2.32. The molecule has 0 saturated heterocycles. The maximum absolute atomic E-state index is 10.1. The molecular weight excluding hydrogens is 478 g/mol. The highest BCUT2D eigenvalue weighted by Gasteiger charge is 2.06. The van der Waals surface area contributed by atoms with Gasteiger partial charge in [0.1, 0.15) is 18.5 Å². The molecule has 4 rings (SSSR count). The first-order chi connectivity index (χ1) is 16.7. The maximum Gasteiger partial charge on any atom is 0.175 e. The highest BCUT2D eigenvalue weighted by atomic mass is 35.5. The van der Waals surface area contributed by atoms with E-state index in [-0.39, 0.29) is 19.0 Å². The van der Waals surface area contributed by atoms with E-state index in [1.165, 1.54) is 10.9 Å². The lowest BCUT2D eigenvalue weighted by Gasteiger charge is -2.14. The molecule has 182 valence electrons. The fourth-order valence-electron chi connectivity index (χ4n) is 3.64. The maximum atomic E-state index is 10.1. The van der Waals surface area contributed by atoms with Crippen molar-refractivity contribution in [1.29, 1.82) is 0 Å². The van der Waals surface area contributed by atoms with Gasteiger partial charge in [-0.1, -0.05) is 66.7 Å². The Balaban J connectivity index is 0.00000342. The van der Waals surface area contributed by atoms with Crippen LogP contribution in [0.2, 0.25) is 0 Å². The van der Waals surface area contributed by atoms with Crippen LogP contribution in [0, 0.1) is 0 Å². The Morgan fingerprint density at radius 1 is 0.829 bits per heavy atom. The molecule has 0 saturated carbocycles. The predicted octanol–water partition coefficient (Wildman–Crippen LogP) is 5.64. The third-order valence-corrected chi connectivity index (χ3v) is 5.61. The van der Waals surface area contributed by atoms with Crippen molar-refractivity contribution < 1.29 is 9.84 Å². The van der Waals surface area contributed by atoms with Crippen LogP contribution in [0.4, 0.5) is 11.4 Å². The Labute approximate surface area is 217 Å². The summed E-state index contributed by atoms with van der Waals surface area (Å²) in [5, 5.41) is 22.8. The van der Waals surface area contributed by atoms with Gasteiger partial charge >= 0.3 is 0 Å². The third-order valence-electron chi connectivity index (χ3n) is 5.41. The van der Waals surface area contributed by atoms with Gasteiger partial charge in [0, 0.05) is 23.3 Å². The van der Waals surface area contributed by atoms with Gasteiger partial charge in [-0.05, 0) is 66.5 Å². The van der Waals surface area contributed by atoms with Crippen molar-refractivity contribution in [3.8, 4) is 5.75 Å². The average molecular weight is 508 g/mol. The zero-order valence-electron chi connectivity index (χ0n) is 19.3. The van der Waals surface area contributed by atoms with Crippen molar-refractivity contribution in [2.24, 2.45) is 0 Å². The SMILES string of the molecule is Cl.O[C@@H](CNCCc1ccc(NC(=S)Nc2cccc3ccccc23)cc1)COc1ccccc1. The number of para-hydroxylation sites is 1. The summed E-state index contributed by atoms with van der Waals surface area (Å²) in [5.74, 6) is 0.766. The molecule has 0 spiro atoms. The Morgan fingerprint density at radius 3 is 2.34 bits per heavy atom. The Hall–Kier alpha value is -3.16. The molecule has 0 bridgehead atoms. The first-order valence-corrected chi connectivity index (χ1v) is 11.8. The van der Waals surface area contributed by atoms with Crippen LogP contribution in [0.3, 0.4) is 0 Å². The minimum absolute atomic E-state index is 0. The number of anilines is 2. The molecule has 0 aliphatic carbocycles. The van der Waals surface area contributed by atoms with Crippen molar-refractivity contribution in [1.82, 2.24) is 5.32 Å². The minimum Gasteiger partial charge on any atom is -0.491 e. The number of ether oxygens (including phenoxy) is 1. The smallest absolute Gasteiger partial charge is 0.175 e. The highest BCUT2D eigenvalue weighted by molar-refractivity contribution is 7.80. The summed E-state index contributed by atoms with van der Waals surface area (Å²) in [5.41, 5.74) is 3.12. The van der Waals surface area contributed by atoms with Crippen LogP contribution >= 0.6 is 24.6 Å². The number of halogens is 1. The van der Waals surface area contributed by atoms with Crippen LogP contribution in [0.15, 0.2) is 97.1 Å². The summed E-state index contributed by atoms with van der Waals surface area (Å²) < 4.78 is 5.57. The van der Waals surface area contributed by atoms with E-state index in [4.69, 9.17) is 17.0 Å². The molecule has 0 unspecified atom stereocenters. The van der Waals surface area contributed by atoms with E-state index in [1.54, 1.807) is 0 Å². The quantitative estimate of drug-likeness (QED) is 0.164. The van der Waals surface area contributed by atoms with Crippen molar-refractivity contribution >= 4 is 51.9 Å². The molecule has 0 amide bonds. The number of aliphatic hydroxyl groups is 1. The van der Waals surface area contributed by atoms with Gasteiger partial charge < -0.3 is 25.8 Å². The standard InChI is InChI=1S/C28H29N3O2S.ClH/c32-24(20-33-25-9-2-1-3-10-25)19-29-18-17-21-13-15-23(16-14-21)30-28(34)31-27-12-6-8-22-7-4-5-11-26(22)27;/h1-16,24,29,32H,17-20H2,(H2,30,31,34);1H/t24-;/m0./s1. The minimum atomic E-state index is -0.554. The van der Waals surface area contributed by atoms with E-state index >= 15 is 0 Å². The molecule has 7 heteroatoms. The van der Waals surface area contributed by atoms with E-state index in [0.717, 1.165) is 35.5 Å². The van der Waals surface area contributed by atoms with Crippen molar-refractivity contribution in [2.75, 3.05) is 30.3 Å². The monoisotopic (exact) mass is 507 g/mol. The zero-order valence-corrected chi connectivity index (χ0v) is 20.9. The fraction of sp³-hybridized carbons (Fsp3) is 0.179. The zero-order chi connectivity index (χ0) is 23.6. The highest BCUT2D eigenvalue weighted by Crippen LogP contribution is 2.23. The molecule has 0 aromatic heterocycles. The van der Waals surface area contributed by atoms with Crippen LogP contribution in [-0.2, 0) is 6.42 Å². The molecule has 4 aromatic rings. The van der Waals surface area contributed by atoms with Gasteiger partial charge in [0.2, 0.25) is 0 Å². The Kier molecular flexibility index (Phi) is 10.3. The second-order valence-corrected chi connectivity index (χ2v) is 8.44. The van der Waals surface area contributed by atoms with Gasteiger partial charge in [0.15, 0.2) is 5.11 Å². The fourth-order valence-corrected chi connectivity index (χ4v) is 3.87. The van der Waals surface area contributed by atoms with Gasteiger partial charge in [-0.15, -0.1) is 12.4 Å². The first kappa shape index (κ1) is 26.4. The lowest BCUT2D eigenvalue weighted by atomic mass is 10.1. The number of hydrogen-bond donors (Lipinski definition) is 4. The van der Waals surface area contributed by atoms with Crippen molar-refractivity contribution in [2.45, 2.75) is 12.5 Å². The van der Waals surface area contributed by atoms with Gasteiger partial charge in [-0.2, -0.15) is 0 Å². The summed E-state index contributed by atoms with van der Waals surface area (Å²) in [6.07, 6.45) is 0.313. The third kappa shape index (κ3) is 8.23. The van der Waals surface area contributed by atoms with E-state index in [9.17, 15) is 5.11 Å². The van der Waals surface area contributed by atoms with E-state index in [0.29, 0.717) is 11.7 Å². The summed E-state index contributed by atoms with van der Waals surface area (Å²) >= 11 is 5.51. The number of rotatable bonds is 10. The molecule has 1 atom stereocenters. The number of nitrogens with one attached hydrogen (secondary N) is 3. The van der Waals surface area contributed by atoms with E-state index in [2.05, 4.69) is 46.3 Å². The molecule has 0 radical (unpaired) electrons. The molecular formula is C28H30ClN3O2S. The second kappa shape index (κ2) is 13.7. The van der Waals surface area contributed by atoms with Crippen LogP contribution in [0.25, 0.3) is 10.8 Å². The number of benzene rings is 4. The average Bonchev–Trinajstić information content (AvgIpc) is 2.87. The summed E-state index contributed by atoms with van der Waals surface area (Å²) in [6.45, 7) is 1.53. The van der Waals surface area contributed by atoms with Gasteiger partial charge in [-0.3, -0.25) is 0 Å². The molecule has 35 heavy (non-hydrogen) atoms. The summed E-state index contributed by atoms with van der Waals surface area (Å²) in [7, 11) is 0. The number of aliphatic hydroxyl groups excluding tert-OH is 1. The molecule has 4 N–H and O–H groups in total. The first-order valence-electron chi connectivity index (χ1n) is 11.4. The summed E-state index contributed by atoms with van der Waals surface area (Å²) in [6, 6.07) is 32.1. The molecule has 0 heterocycles. The van der Waals surface area contributed by atoms with Crippen LogP contribution in [0.5, 0.6) is 5.75 Å². The molecule has 0 fully saturated rings. The van der Waals surface area contributed by atoms with Crippen molar-refractivity contribution in [3.63, 3.8) is 0 Å². The largest absolute Gasteiger partial charge is 0.491 e. The normalized spacial score (nSPS) is 11.3. The van der Waals surface area contributed by atoms with Crippen LogP contribution < -0.4 is 20.7 Å². The van der Waals surface area contributed by atoms with Gasteiger partial charge in [-0.25, -0.2) is 0 Å². The molecule has 0 aliphatic rings.